The lowest BCUT2D eigenvalue weighted by Crippen LogP contribution is -2.15. The Kier molecular flexibility index (Phi) is 7.62. The Morgan fingerprint density at radius 1 is 0.481 bits per heavy atom. The first-order valence-electron chi connectivity index (χ1n) is 18.9. The Morgan fingerprint density at radius 2 is 1.15 bits per heavy atom. The summed E-state index contributed by atoms with van der Waals surface area (Å²) in [6, 6.07) is 61.1. The molecule has 10 rings (SSSR count). The molecule has 0 unspecified atom stereocenters. The van der Waals surface area contributed by atoms with Crippen molar-refractivity contribution in [3.05, 3.63) is 204 Å². The molecule has 1 aromatic heterocycles. The van der Waals surface area contributed by atoms with Crippen LogP contribution >= 0.6 is 0 Å². The van der Waals surface area contributed by atoms with Crippen LogP contribution in [0, 0.1) is 0 Å². The van der Waals surface area contributed by atoms with E-state index in [0.717, 1.165) is 58.0 Å². The van der Waals surface area contributed by atoms with E-state index in [0.29, 0.717) is 0 Å². The SMILES string of the molecule is CC1(C)c2ccccc2-c2cc3c4ccccc4n(-c4ccc(-c5ccccc5)c(C5=NC(c6ccccc6)=N/C(c6ccccc6)=C\CC5)c4)c3cc21. The van der Waals surface area contributed by atoms with Gasteiger partial charge in [0, 0.05) is 33.0 Å². The predicted molar refractivity (Wildman–Crippen MR) is 227 cm³/mol. The summed E-state index contributed by atoms with van der Waals surface area (Å²) >= 11 is 0. The summed E-state index contributed by atoms with van der Waals surface area (Å²) in [5.74, 6) is 0.721. The van der Waals surface area contributed by atoms with Gasteiger partial charge >= 0.3 is 0 Å². The van der Waals surface area contributed by atoms with E-state index < -0.39 is 0 Å². The summed E-state index contributed by atoms with van der Waals surface area (Å²) in [5, 5.41) is 2.53. The maximum absolute atomic E-state index is 5.49. The van der Waals surface area contributed by atoms with Gasteiger partial charge in [-0.05, 0) is 82.1 Å². The van der Waals surface area contributed by atoms with E-state index in [1.165, 1.54) is 49.6 Å². The first-order chi connectivity index (χ1) is 26.5. The molecule has 0 radical (unpaired) electrons. The van der Waals surface area contributed by atoms with Gasteiger partial charge in [0.05, 0.1) is 22.4 Å². The number of rotatable bonds is 5. The van der Waals surface area contributed by atoms with E-state index in [1.807, 2.05) is 12.1 Å². The molecule has 0 amide bonds. The average Bonchev–Trinajstić information content (AvgIpc) is 3.66. The summed E-state index contributed by atoms with van der Waals surface area (Å²) in [7, 11) is 0. The van der Waals surface area contributed by atoms with Crippen molar-refractivity contribution >= 4 is 39.1 Å². The molecular weight excluding hydrogens is 655 g/mol. The van der Waals surface area contributed by atoms with Crippen LogP contribution in [0.3, 0.4) is 0 Å². The van der Waals surface area contributed by atoms with Crippen LogP contribution in [-0.2, 0) is 5.41 Å². The lowest BCUT2D eigenvalue weighted by Gasteiger charge is -2.22. The molecule has 0 bridgehead atoms. The van der Waals surface area contributed by atoms with Crippen LogP contribution in [0.1, 0.15) is 54.5 Å². The van der Waals surface area contributed by atoms with Gasteiger partial charge in [-0.15, -0.1) is 0 Å². The fraction of sp³-hybridized carbons (Fsp3) is 0.0980. The van der Waals surface area contributed by atoms with Crippen molar-refractivity contribution in [3.8, 4) is 27.9 Å². The van der Waals surface area contributed by atoms with Gasteiger partial charge in [-0.2, -0.15) is 0 Å². The molecule has 0 saturated heterocycles. The highest BCUT2D eigenvalue weighted by Crippen LogP contribution is 2.51. The molecule has 3 heteroatoms. The second kappa shape index (κ2) is 12.8. The molecule has 258 valence electrons. The van der Waals surface area contributed by atoms with Gasteiger partial charge in [-0.1, -0.05) is 159 Å². The number of amidine groups is 1. The van der Waals surface area contributed by atoms with Crippen molar-refractivity contribution in [2.24, 2.45) is 9.98 Å². The minimum atomic E-state index is -0.101. The van der Waals surface area contributed by atoms with Crippen molar-refractivity contribution in [2.45, 2.75) is 32.1 Å². The lowest BCUT2D eigenvalue weighted by molar-refractivity contribution is 0.661. The monoisotopic (exact) mass is 693 g/mol. The maximum atomic E-state index is 5.49. The molecule has 2 heterocycles. The number of fused-ring (bicyclic) bond motifs is 6. The van der Waals surface area contributed by atoms with Crippen LogP contribution in [0.15, 0.2) is 186 Å². The van der Waals surface area contributed by atoms with Crippen molar-refractivity contribution in [2.75, 3.05) is 0 Å². The first kappa shape index (κ1) is 32.1. The Bertz CT molecular complexity index is 2820. The molecule has 1 aliphatic carbocycles. The van der Waals surface area contributed by atoms with Gasteiger partial charge in [0.25, 0.3) is 0 Å². The van der Waals surface area contributed by atoms with Crippen molar-refractivity contribution in [1.29, 1.82) is 0 Å². The molecule has 0 atom stereocenters. The highest BCUT2D eigenvalue weighted by atomic mass is 15.0. The second-order valence-corrected chi connectivity index (χ2v) is 14.9. The minimum Gasteiger partial charge on any atom is -0.309 e. The molecule has 1 aliphatic heterocycles. The maximum Gasteiger partial charge on any atom is 0.160 e. The highest BCUT2D eigenvalue weighted by molar-refractivity contribution is 6.17. The predicted octanol–water partition coefficient (Wildman–Crippen LogP) is 12.8. The van der Waals surface area contributed by atoms with E-state index in [1.54, 1.807) is 0 Å². The van der Waals surface area contributed by atoms with Gasteiger partial charge in [0.2, 0.25) is 0 Å². The third-order valence-corrected chi connectivity index (χ3v) is 11.3. The second-order valence-electron chi connectivity index (χ2n) is 14.9. The van der Waals surface area contributed by atoms with Crippen LogP contribution in [0.25, 0.3) is 55.4 Å². The number of para-hydroxylation sites is 1. The molecule has 0 saturated carbocycles. The zero-order chi connectivity index (χ0) is 36.2. The standard InChI is InChI=1S/C51H39N3/c1-51(2)44-25-14-12-23-39(44)41-32-43-40-24-13-15-28-48(40)54(49(43)33-45(41)51)37-29-30-38(34-17-6-3-7-18-34)42(31-37)47-27-16-26-46(35-19-8-4-9-20-35)52-50(53-47)36-21-10-5-11-22-36/h3-15,17-26,28-33H,16,27H2,1-2H3/b46-26-,52-50?,53-47?. The van der Waals surface area contributed by atoms with Crippen LogP contribution in [0.4, 0.5) is 0 Å². The molecule has 0 N–H and O–H groups in total. The number of allylic oxidation sites excluding steroid dienone is 1. The van der Waals surface area contributed by atoms with Gasteiger partial charge in [-0.3, -0.25) is 0 Å². The molecular formula is C51H39N3. The van der Waals surface area contributed by atoms with Gasteiger partial charge in [0.15, 0.2) is 5.84 Å². The van der Waals surface area contributed by atoms with Crippen molar-refractivity contribution in [1.82, 2.24) is 4.57 Å². The third-order valence-electron chi connectivity index (χ3n) is 11.3. The first-order valence-corrected chi connectivity index (χ1v) is 18.9. The molecule has 0 fully saturated rings. The third kappa shape index (κ3) is 5.27. The Morgan fingerprint density at radius 3 is 1.93 bits per heavy atom. The fourth-order valence-electron chi connectivity index (χ4n) is 8.64. The average molecular weight is 694 g/mol. The molecule has 2 aliphatic rings. The normalized spacial score (nSPS) is 15.8. The minimum absolute atomic E-state index is 0.101. The number of hydrogen-bond donors (Lipinski definition) is 0. The van der Waals surface area contributed by atoms with Gasteiger partial charge in [0.1, 0.15) is 0 Å². The van der Waals surface area contributed by atoms with E-state index in [2.05, 4.69) is 182 Å². The highest BCUT2D eigenvalue weighted by Gasteiger charge is 2.36. The Labute approximate surface area is 316 Å². The summed E-state index contributed by atoms with van der Waals surface area (Å²) in [5.41, 5.74) is 16.4. The van der Waals surface area contributed by atoms with Crippen LogP contribution in [0.5, 0.6) is 0 Å². The summed E-state index contributed by atoms with van der Waals surface area (Å²) in [4.78, 5) is 10.7. The number of nitrogens with zero attached hydrogens (tertiary/aromatic N) is 3. The number of benzene rings is 7. The van der Waals surface area contributed by atoms with Crippen LogP contribution in [0.2, 0.25) is 0 Å². The van der Waals surface area contributed by atoms with Gasteiger partial charge in [-0.25, -0.2) is 9.98 Å². The number of aliphatic imine (C=N–C) groups is 2. The quantitative estimate of drug-likeness (QED) is 0.172. The van der Waals surface area contributed by atoms with Crippen molar-refractivity contribution < 1.29 is 0 Å². The molecule has 7 aromatic carbocycles. The fourth-order valence-corrected chi connectivity index (χ4v) is 8.64. The smallest absolute Gasteiger partial charge is 0.160 e. The summed E-state index contributed by atoms with van der Waals surface area (Å²) in [6.45, 7) is 4.72. The lowest BCUT2D eigenvalue weighted by atomic mass is 9.82. The van der Waals surface area contributed by atoms with E-state index in [9.17, 15) is 0 Å². The zero-order valence-electron chi connectivity index (χ0n) is 30.5. The van der Waals surface area contributed by atoms with Gasteiger partial charge < -0.3 is 4.57 Å². The Balaban J connectivity index is 1.21. The van der Waals surface area contributed by atoms with Crippen LogP contribution in [-0.4, -0.2) is 16.1 Å². The molecule has 54 heavy (non-hydrogen) atoms. The van der Waals surface area contributed by atoms with E-state index in [-0.39, 0.29) is 5.41 Å². The largest absolute Gasteiger partial charge is 0.309 e. The summed E-state index contributed by atoms with van der Waals surface area (Å²) < 4.78 is 2.46. The van der Waals surface area contributed by atoms with E-state index in [4.69, 9.17) is 9.98 Å². The molecule has 3 nitrogen and oxygen atoms in total. The topological polar surface area (TPSA) is 29.6 Å². The zero-order valence-corrected chi connectivity index (χ0v) is 30.5. The van der Waals surface area contributed by atoms with Crippen molar-refractivity contribution in [3.63, 3.8) is 0 Å². The number of hydrogen-bond acceptors (Lipinski definition) is 2. The Hall–Kier alpha value is -6.58. The number of aromatic nitrogens is 1. The van der Waals surface area contributed by atoms with Crippen LogP contribution < -0.4 is 0 Å². The molecule has 8 aromatic rings. The van der Waals surface area contributed by atoms with E-state index >= 15 is 0 Å². The summed E-state index contributed by atoms with van der Waals surface area (Å²) in [6.07, 6.45) is 3.87. The molecule has 0 spiro atoms.